The second kappa shape index (κ2) is 8.26. The van der Waals surface area contributed by atoms with Crippen LogP contribution in [0.25, 0.3) is 0 Å². The van der Waals surface area contributed by atoms with Gasteiger partial charge in [0.2, 0.25) is 11.8 Å². The number of likely N-dealkylation sites (tertiary alicyclic amines) is 3. The van der Waals surface area contributed by atoms with Gasteiger partial charge >= 0.3 is 0 Å². The Kier molecular flexibility index (Phi) is 5.46. The standard InChI is InChI=1S/C24H32N4O3/c29-21(26-12-1-2-13-26)16-28-15-11-24(28)10-3-14-27(17-24)23(31)19-6-8-20(9-7-19)25-22(30)18-4-5-18/h6-9,18H,1-5,10-17H2,(H,25,30)/t24-/m1/s1. The van der Waals surface area contributed by atoms with Crippen LogP contribution >= 0.6 is 0 Å². The first-order chi connectivity index (χ1) is 15.0. The van der Waals surface area contributed by atoms with E-state index < -0.39 is 0 Å². The van der Waals surface area contributed by atoms with E-state index in [9.17, 15) is 14.4 Å². The third-order valence-corrected chi connectivity index (χ3v) is 7.49. The number of benzene rings is 1. The number of hydrogen-bond donors (Lipinski definition) is 1. The van der Waals surface area contributed by atoms with E-state index in [1.54, 1.807) is 0 Å². The first-order valence-corrected chi connectivity index (χ1v) is 11.8. The van der Waals surface area contributed by atoms with Crippen molar-refractivity contribution in [2.24, 2.45) is 5.92 Å². The zero-order valence-electron chi connectivity index (χ0n) is 18.1. The second-order valence-corrected chi connectivity index (χ2v) is 9.65. The highest BCUT2D eigenvalue weighted by Gasteiger charge is 2.48. The first kappa shape index (κ1) is 20.5. The van der Waals surface area contributed by atoms with Crippen LogP contribution in [0.1, 0.15) is 55.3 Å². The molecule has 1 spiro atoms. The molecule has 3 heterocycles. The molecule has 1 aromatic rings. The number of rotatable bonds is 5. The van der Waals surface area contributed by atoms with E-state index in [0.717, 1.165) is 76.8 Å². The molecule has 1 atom stereocenters. The lowest BCUT2D eigenvalue weighted by atomic mass is 9.77. The number of piperidine rings is 1. The molecular formula is C24H32N4O3. The van der Waals surface area contributed by atoms with E-state index >= 15 is 0 Å². The van der Waals surface area contributed by atoms with Gasteiger partial charge in [0.05, 0.1) is 6.54 Å². The van der Waals surface area contributed by atoms with Crippen LogP contribution < -0.4 is 5.32 Å². The number of amides is 3. The number of anilines is 1. The van der Waals surface area contributed by atoms with Crippen molar-refractivity contribution in [1.29, 1.82) is 0 Å². The summed E-state index contributed by atoms with van der Waals surface area (Å²) in [5, 5.41) is 2.92. The maximum absolute atomic E-state index is 13.2. The van der Waals surface area contributed by atoms with Crippen molar-refractivity contribution in [2.45, 2.75) is 50.5 Å². The van der Waals surface area contributed by atoms with Crippen molar-refractivity contribution >= 4 is 23.4 Å². The van der Waals surface area contributed by atoms with E-state index in [-0.39, 0.29) is 29.2 Å². The van der Waals surface area contributed by atoms with Gasteiger partial charge in [-0.3, -0.25) is 19.3 Å². The van der Waals surface area contributed by atoms with Gasteiger partial charge in [0.25, 0.3) is 5.91 Å². The van der Waals surface area contributed by atoms with Gasteiger partial charge in [-0.2, -0.15) is 0 Å². The Morgan fingerprint density at radius 1 is 0.903 bits per heavy atom. The Morgan fingerprint density at radius 3 is 2.26 bits per heavy atom. The van der Waals surface area contributed by atoms with Crippen molar-refractivity contribution in [1.82, 2.24) is 14.7 Å². The number of carbonyl (C=O) groups is 3. The largest absolute Gasteiger partial charge is 0.342 e. The quantitative estimate of drug-likeness (QED) is 0.788. The predicted octanol–water partition coefficient (Wildman–Crippen LogP) is 2.34. The summed E-state index contributed by atoms with van der Waals surface area (Å²) in [7, 11) is 0. The fourth-order valence-corrected chi connectivity index (χ4v) is 5.28. The highest BCUT2D eigenvalue weighted by Crippen LogP contribution is 2.39. The van der Waals surface area contributed by atoms with Crippen molar-refractivity contribution in [3.8, 4) is 0 Å². The molecule has 4 aliphatic rings. The minimum atomic E-state index is -0.0402. The van der Waals surface area contributed by atoms with Crippen molar-refractivity contribution in [3.63, 3.8) is 0 Å². The molecular weight excluding hydrogens is 392 g/mol. The van der Waals surface area contributed by atoms with E-state index in [1.165, 1.54) is 0 Å². The van der Waals surface area contributed by atoms with Crippen LogP contribution in [0.5, 0.6) is 0 Å². The summed E-state index contributed by atoms with van der Waals surface area (Å²) in [5.41, 5.74) is 1.36. The van der Waals surface area contributed by atoms with E-state index in [1.807, 2.05) is 34.1 Å². The summed E-state index contributed by atoms with van der Waals surface area (Å²) in [6.07, 6.45) is 7.24. The molecule has 0 bridgehead atoms. The monoisotopic (exact) mass is 424 g/mol. The molecule has 0 radical (unpaired) electrons. The Balaban J connectivity index is 1.20. The molecule has 1 saturated carbocycles. The predicted molar refractivity (Wildman–Crippen MR) is 118 cm³/mol. The lowest BCUT2D eigenvalue weighted by molar-refractivity contribution is -0.138. The van der Waals surface area contributed by atoms with Crippen LogP contribution in [0.3, 0.4) is 0 Å². The Bertz CT molecular complexity index is 860. The lowest BCUT2D eigenvalue weighted by Crippen LogP contribution is -2.68. The van der Waals surface area contributed by atoms with Crippen LogP contribution in [0.2, 0.25) is 0 Å². The third kappa shape index (κ3) is 4.20. The van der Waals surface area contributed by atoms with E-state index in [0.29, 0.717) is 18.7 Å². The number of nitrogens with one attached hydrogen (secondary N) is 1. The zero-order valence-corrected chi connectivity index (χ0v) is 18.1. The fourth-order valence-electron chi connectivity index (χ4n) is 5.28. The Labute approximate surface area is 183 Å². The topological polar surface area (TPSA) is 73.0 Å². The van der Waals surface area contributed by atoms with Gasteiger partial charge in [0.15, 0.2) is 0 Å². The minimum absolute atomic E-state index is 0.0388. The molecule has 7 heteroatoms. The van der Waals surface area contributed by atoms with Gasteiger partial charge in [-0.1, -0.05) is 0 Å². The average Bonchev–Trinajstić information content (AvgIpc) is 3.51. The normalized spacial score (nSPS) is 26.1. The van der Waals surface area contributed by atoms with Crippen molar-refractivity contribution < 1.29 is 14.4 Å². The van der Waals surface area contributed by atoms with Gasteiger partial charge < -0.3 is 15.1 Å². The molecule has 166 valence electrons. The summed E-state index contributed by atoms with van der Waals surface area (Å²) in [6, 6.07) is 7.25. The Morgan fingerprint density at radius 2 is 1.61 bits per heavy atom. The van der Waals surface area contributed by atoms with Crippen LogP contribution in [0.15, 0.2) is 24.3 Å². The molecule has 3 aliphatic heterocycles. The molecule has 31 heavy (non-hydrogen) atoms. The summed E-state index contributed by atoms with van der Waals surface area (Å²) in [6.45, 7) is 4.66. The molecule has 7 nitrogen and oxygen atoms in total. The fraction of sp³-hybridized carbons (Fsp3) is 0.625. The molecule has 1 aliphatic carbocycles. The highest BCUT2D eigenvalue weighted by atomic mass is 16.2. The van der Waals surface area contributed by atoms with E-state index in [4.69, 9.17) is 0 Å². The summed E-state index contributed by atoms with van der Waals surface area (Å²) in [4.78, 5) is 44.0. The Hall–Kier alpha value is -2.41. The van der Waals surface area contributed by atoms with Crippen LogP contribution in [-0.4, -0.2) is 77.2 Å². The molecule has 0 aromatic heterocycles. The van der Waals surface area contributed by atoms with Gasteiger partial charge in [-0.15, -0.1) is 0 Å². The maximum Gasteiger partial charge on any atom is 0.253 e. The van der Waals surface area contributed by atoms with Crippen molar-refractivity contribution in [3.05, 3.63) is 29.8 Å². The SMILES string of the molecule is O=C(Nc1ccc(C(=O)N2CCC[C@@]3(CCN3CC(=O)N3CCCC3)C2)cc1)C1CC1. The summed E-state index contributed by atoms with van der Waals surface area (Å²) < 4.78 is 0. The van der Waals surface area contributed by atoms with Crippen LogP contribution in [0, 0.1) is 5.92 Å². The average molecular weight is 425 g/mol. The molecule has 1 aromatic carbocycles. The zero-order chi connectivity index (χ0) is 21.4. The number of nitrogens with zero attached hydrogens (tertiary/aromatic N) is 3. The first-order valence-electron chi connectivity index (χ1n) is 11.8. The van der Waals surface area contributed by atoms with Gasteiger partial charge in [-0.05, 0) is 69.2 Å². The van der Waals surface area contributed by atoms with Crippen molar-refractivity contribution in [2.75, 3.05) is 44.6 Å². The smallest absolute Gasteiger partial charge is 0.253 e. The summed E-state index contributed by atoms with van der Waals surface area (Å²) >= 11 is 0. The highest BCUT2D eigenvalue weighted by molar-refractivity contribution is 5.97. The van der Waals surface area contributed by atoms with Crippen LogP contribution in [-0.2, 0) is 9.59 Å². The molecule has 3 saturated heterocycles. The molecule has 3 amide bonds. The maximum atomic E-state index is 13.2. The molecule has 0 unspecified atom stereocenters. The van der Waals surface area contributed by atoms with Gasteiger partial charge in [-0.25, -0.2) is 0 Å². The second-order valence-electron chi connectivity index (χ2n) is 9.65. The lowest BCUT2D eigenvalue weighted by Gasteiger charge is -2.57. The van der Waals surface area contributed by atoms with E-state index in [2.05, 4.69) is 10.2 Å². The van der Waals surface area contributed by atoms with Gasteiger partial charge in [0, 0.05) is 55.4 Å². The number of hydrogen-bond acceptors (Lipinski definition) is 4. The third-order valence-electron chi connectivity index (χ3n) is 7.49. The molecule has 5 rings (SSSR count). The van der Waals surface area contributed by atoms with Gasteiger partial charge in [0.1, 0.15) is 0 Å². The molecule has 1 N–H and O–H groups in total. The molecule has 4 fully saturated rings. The number of carbonyl (C=O) groups excluding carboxylic acids is 3. The van der Waals surface area contributed by atoms with Crippen LogP contribution in [0.4, 0.5) is 5.69 Å². The minimum Gasteiger partial charge on any atom is -0.342 e. The summed E-state index contributed by atoms with van der Waals surface area (Å²) in [5.74, 6) is 0.514.